The Morgan fingerprint density at radius 1 is 1.33 bits per heavy atom. The molecule has 0 aliphatic rings. The Balaban J connectivity index is 1.88. The number of aromatic nitrogens is 3. The fourth-order valence-corrected chi connectivity index (χ4v) is 2.28. The lowest BCUT2D eigenvalue weighted by Crippen LogP contribution is -2.28. The molecule has 1 aromatic carbocycles. The van der Waals surface area contributed by atoms with Crippen molar-refractivity contribution >= 4 is 17.7 Å². The zero-order valence-electron chi connectivity index (χ0n) is 12.5. The Labute approximate surface area is 128 Å². The van der Waals surface area contributed by atoms with Gasteiger partial charge >= 0.3 is 0 Å². The summed E-state index contributed by atoms with van der Waals surface area (Å²) in [5.41, 5.74) is 2.19. The number of rotatable bonds is 6. The van der Waals surface area contributed by atoms with Crippen LogP contribution in [0.1, 0.15) is 19.4 Å². The first-order valence-electron chi connectivity index (χ1n) is 6.93. The van der Waals surface area contributed by atoms with Crippen LogP contribution >= 0.6 is 11.8 Å². The van der Waals surface area contributed by atoms with E-state index in [9.17, 15) is 4.79 Å². The molecule has 2 aromatic rings. The minimum absolute atomic E-state index is 0.00962. The summed E-state index contributed by atoms with van der Waals surface area (Å²) >= 11 is 1.33. The summed E-state index contributed by atoms with van der Waals surface area (Å²) < 4.78 is 0. The number of nitrogens with zero attached hydrogens (tertiary/aromatic N) is 2. The van der Waals surface area contributed by atoms with Crippen LogP contribution in [0.5, 0.6) is 0 Å². The van der Waals surface area contributed by atoms with Gasteiger partial charge in [-0.1, -0.05) is 55.4 Å². The Morgan fingerprint density at radius 3 is 2.71 bits per heavy atom. The second-order valence-corrected chi connectivity index (χ2v) is 6.26. The van der Waals surface area contributed by atoms with Crippen LogP contribution in [0.15, 0.2) is 29.4 Å². The molecule has 0 aliphatic heterocycles. The molecule has 21 heavy (non-hydrogen) atoms. The molecule has 0 unspecified atom stereocenters. The number of carbonyl (C=O) groups is 1. The van der Waals surface area contributed by atoms with E-state index in [4.69, 9.17) is 0 Å². The molecule has 0 radical (unpaired) electrons. The molecule has 1 heterocycles. The molecule has 0 atom stereocenters. The predicted molar refractivity (Wildman–Crippen MR) is 85.1 cm³/mol. The van der Waals surface area contributed by atoms with Crippen LogP contribution in [0.2, 0.25) is 0 Å². The second kappa shape index (κ2) is 7.26. The number of aromatic amines is 1. The Bertz CT molecular complexity index is 592. The van der Waals surface area contributed by atoms with Crippen molar-refractivity contribution in [2.75, 3.05) is 12.3 Å². The molecule has 0 saturated carbocycles. The summed E-state index contributed by atoms with van der Waals surface area (Å²) in [5, 5.41) is 10.5. The van der Waals surface area contributed by atoms with E-state index in [0.29, 0.717) is 23.4 Å². The summed E-state index contributed by atoms with van der Waals surface area (Å²) in [4.78, 5) is 16.0. The minimum atomic E-state index is 0.00962. The number of hydrogen-bond donors (Lipinski definition) is 2. The number of aryl methyl sites for hydroxylation is 1. The van der Waals surface area contributed by atoms with E-state index >= 15 is 0 Å². The van der Waals surface area contributed by atoms with Crippen molar-refractivity contribution in [1.82, 2.24) is 20.5 Å². The molecule has 1 amide bonds. The summed E-state index contributed by atoms with van der Waals surface area (Å²) in [5.74, 6) is 1.52. The second-order valence-electron chi connectivity index (χ2n) is 5.32. The molecule has 6 heteroatoms. The standard InChI is InChI=1S/C15H20N4OS/c1-10(2)8-16-13(20)9-21-15-17-14(18-19-15)12-6-4-11(3)5-7-12/h4-7,10H,8-9H2,1-3H3,(H,16,20)(H,17,18,19). The molecule has 0 bridgehead atoms. The van der Waals surface area contributed by atoms with E-state index in [1.54, 1.807) is 0 Å². The highest BCUT2D eigenvalue weighted by Gasteiger charge is 2.09. The van der Waals surface area contributed by atoms with Crippen molar-refractivity contribution in [2.45, 2.75) is 25.9 Å². The highest BCUT2D eigenvalue weighted by atomic mass is 32.2. The molecule has 0 aliphatic carbocycles. The number of thioether (sulfide) groups is 1. The third-order valence-corrected chi connectivity index (χ3v) is 3.68. The molecular weight excluding hydrogens is 284 g/mol. The largest absolute Gasteiger partial charge is 0.355 e. The van der Waals surface area contributed by atoms with E-state index in [-0.39, 0.29) is 5.91 Å². The number of carbonyl (C=O) groups excluding carboxylic acids is 1. The molecule has 112 valence electrons. The van der Waals surface area contributed by atoms with Gasteiger partial charge in [-0.15, -0.1) is 5.10 Å². The fourth-order valence-electron chi connectivity index (χ4n) is 1.65. The first-order valence-corrected chi connectivity index (χ1v) is 7.92. The van der Waals surface area contributed by atoms with E-state index in [0.717, 1.165) is 11.4 Å². The van der Waals surface area contributed by atoms with Gasteiger partial charge in [0.05, 0.1) is 5.75 Å². The van der Waals surface area contributed by atoms with E-state index in [2.05, 4.69) is 34.3 Å². The van der Waals surface area contributed by atoms with Gasteiger partial charge in [0, 0.05) is 12.1 Å². The van der Waals surface area contributed by atoms with Crippen LogP contribution in [0.25, 0.3) is 11.4 Å². The van der Waals surface area contributed by atoms with Gasteiger partial charge in [0.15, 0.2) is 5.82 Å². The van der Waals surface area contributed by atoms with Gasteiger partial charge in [-0.05, 0) is 12.8 Å². The Hall–Kier alpha value is -1.82. The van der Waals surface area contributed by atoms with Crippen LogP contribution in [0.4, 0.5) is 0 Å². The average molecular weight is 304 g/mol. The van der Waals surface area contributed by atoms with E-state index in [1.807, 2.05) is 31.2 Å². The Kier molecular flexibility index (Phi) is 5.38. The van der Waals surface area contributed by atoms with Gasteiger partial charge < -0.3 is 5.32 Å². The van der Waals surface area contributed by atoms with Gasteiger partial charge in [-0.2, -0.15) is 0 Å². The number of nitrogens with one attached hydrogen (secondary N) is 2. The van der Waals surface area contributed by atoms with Gasteiger partial charge in [0.1, 0.15) is 0 Å². The minimum Gasteiger partial charge on any atom is -0.355 e. The monoisotopic (exact) mass is 304 g/mol. The lowest BCUT2D eigenvalue weighted by atomic mass is 10.1. The van der Waals surface area contributed by atoms with Gasteiger partial charge in [0.2, 0.25) is 11.1 Å². The topological polar surface area (TPSA) is 70.7 Å². The van der Waals surface area contributed by atoms with Crippen LogP contribution in [-0.4, -0.2) is 33.4 Å². The molecule has 5 nitrogen and oxygen atoms in total. The molecule has 2 N–H and O–H groups in total. The quantitative estimate of drug-likeness (QED) is 0.805. The lowest BCUT2D eigenvalue weighted by molar-refractivity contribution is -0.118. The lowest BCUT2D eigenvalue weighted by Gasteiger charge is -2.05. The molecule has 0 saturated heterocycles. The van der Waals surface area contributed by atoms with Crippen LogP contribution in [0, 0.1) is 12.8 Å². The van der Waals surface area contributed by atoms with Crippen molar-refractivity contribution in [3.05, 3.63) is 29.8 Å². The number of H-pyrrole nitrogens is 1. The summed E-state index contributed by atoms with van der Waals surface area (Å²) in [6, 6.07) is 8.06. The SMILES string of the molecule is Cc1ccc(-c2nc(SCC(=O)NCC(C)C)n[nH]2)cc1. The van der Waals surface area contributed by atoms with Crippen molar-refractivity contribution in [3.63, 3.8) is 0 Å². The third-order valence-electron chi connectivity index (χ3n) is 2.83. The highest BCUT2D eigenvalue weighted by Crippen LogP contribution is 2.19. The molecule has 1 aromatic heterocycles. The van der Waals surface area contributed by atoms with Gasteiger partial charge in [0.25, 0.3) is 0 Å². The maximum absolute atomic E-state index is 11.6. The highest BCUT2D eigenvalue weighted by molar-refractivity contribution is 7.99. The maximum atomic E-state index is 11.6. The van der Waals surface area contributed by atoms with Gasteiger partial charge in [-0.3, -0.25) is 9.89 Å². The zero-order chi connectivity index (χ0) is 15.2. The number of hydrogen-bond acceptors (Lipinski definition) is 4. The average Bonchev–Trinajstić information content (AvgIpc) is 2.92. The van der Waals surface area contributed by atoms with Crippen LogP contribution < -0.4 is 5.32 Å². The molecule has 0 spiro atoms. The normalized spacial score (nSPS) is 10.9. The van der Waals surface area contributed by atoms with Crippen molar-refractivity contribution in [2.24, 2.45) is 5.92 Å². The smallest absolute Gasteiger partial charge is 0.230 e. The first-order chi connectivity index (χ1) is 10.0. The van der Waals surface area contributed by atoms with Crippen molar-refractivity contribution < 1.29 is 4.79 Å². The molecular formula is C15H20N4OS. The van der Waals surface area contributed by atoms with E-state index < -0.39 is 0 Å². The summed E-state index contributed by atoms with van der Waals surface area (Å²) in [6.07, 6.45) is 0. The van der Waals surface area contributed by atoms with Crippen LogP contribution in [0.3, 0.4) is 0 Å². The Morgan fingerprint density at radius 2 is 2.05 bits per heavy atom. The van der Waals surface area contributed by atoms with Crippen LogP contribution in [-0.2, 0) is 4.79 Å². The summed E-state index contributed by atoms with van der Waals surface area (Å²) in [6.45, 7) is 6.87. The maximum Gasteiger partial charge on any atom is 0.230 e. The number of benzene rings is 1. The number of amides is 1. The molecule has 2 rings (SSSR count). The third kappa shape index (κ3) is 4.90. The van der Waals surface area contributed by atoms with Crippen molar-refractivity contribution in [1.29, 1.82) is 0 Å². The van der Waals surface area contributed by atoms with Gasteiger partial charge in [-0.25, -0.2) is 4.98 Å². The molecule has 0 fully saturated rings. The summed E-state index contributed by atoms with van der Waals surface area (Å²) in [7, 11) is 0. The zero-order valence-corrected chi connectivity index (χ0v) is 13.3. The fraction of sp³-hybridized carbons (Fsp3) is 0.400. The first kappa shape index (κ1) is 15.6. The van der Waals surface area contributed by atoms with Crippen molar-refractivity contribution in [3.8, 4) is 11.4 Å². The van der Waals surface area contributed by atoms with E-state index in [1.165, 1.54) is 17.3 Å². The predicted octanol–water partition coefficient (Wildman–Crippen LogP) is 2.64.